The van der Waals surface area contributed by atoms with E-state index in [0.29, 0.717) is 12.8 Å². The predicted molar refractivity (Wildman–Crippen MR) is 49.2 cm³/mol. The Hall–Kier alpha value is -1.53. The molecule has 0 aliphatic rings. The summed E-state index contributed by atoms with van der Waals surface area (Å²) in [4.78, 5) is 16.1. The molecule has 2 N–H and O–H groups in total. The van der Waals surface area contributed by atoms with Crippen LogP contribution in [0.4, 0.5) is 13.2 Å². The van der Waals surface area contributed by atoms with Crippen LogP contribution in [0.3, 0.4) is 0 Å². The van der Waals surface area contributed by atoms with E-state index in [2.05, 4.69) is 9.97 Å². The van der Waals surface area contributed by atoms with Gasteiger partial charge in [-0.1, -0.05) is 13.3 Å². The van der Waals surface area contributed by atoms with Crippen LogP contribution in [0.5, 0.6) is 0 Å². The van der Waals surface area contributed by atoms with Crippen LogP contribution in [0.2, 0.25) is 0 Å². The summed E-state index contributed by atoms with van der Waals surface area (Å²) in [6, 6.07) is 0. The van der Waals surface area contributed by atoms with Crippen molar-refractivity contribution in [2.24, 2.45) is 0 Å². The Morgan fingerprint density at radius 1 is 1.50 bits per heavy atom. The van der Waals surface area contributed by atoms with E-state index in [1.165, 1.54) is 0 Å². The van der Waals surface area contributed by atoms with Gasteiger partial charge in [0.2, 0.25) is 0 Å². The lowest BCUT2D eigenvalue weighted by Gasteiger charge is -2.02. The fourth-order valence-electron chi connectivity index (χ4n) is 1.24. The van der Waals surface area contributed by atoms with E-state index in [-0.39, 0.29) is 5.82 Å². The van der Waals surface area contributed by atoms with Crippen molar-refractivity contribution in [2.45, 2.75) is 32.4 Å². The van der Waals surface area contributed by atoms with E-state index in [1.807, 2.05) is 6.92 Å². The maximum atomic E-state index is 12.4. The van der Waals surface area contributed by atoms with Crippen LogP contribution < -0.4 is 0 Å². The highest BCUT2D eigenvalue weighted by Gasteiger charge is 2.39. The van der Waals surface area contributed by atoms with E-state index in [9.17, 15) is 18.0 Å². The molecule has 0 radical (unpaired) electrons. The molecule has 0 atom stereocenters. The molecule has 0 spiro atoms. The Morgan fingerprint density at radius 3 is 2.50 bits per heavy atom. The Kier molecular flexibility index (Phi) is 3.56. The van der Waals surface area contributed by atoms with Gasteiger partial charge in [-0.05, 0) is 6.42 Å². The number of carboxylic acid groups (broad SMARTS) is 1. The van der Waals surface area contributed by atoms with E-state index < -0.39 is 23.5 Å². The highest BCUT2D eigenvalue weighted by molar-refractivity contribution is 5.87. The van der Waals surface area contributed by atoms with Crippen LogP contribution in [-0.2, 0) is 12.6 Å². The smallest absolute Gasteiger partial charge is 0.435 e. The van der Waals surface area contributed by atoms with Crippen molar-refractivity contribution in [1.29, 1.82) is 0 Å². The number of hydrogen-bond acceptors (Lipinski definition) is 2. The number of aromatic carboxylic acids is 1. The molecule has 1 heterocycles. The van der Waals surface area contributed by atoms with Crippen LogP contribution in [0.25, 0.3) is 0 Å². The zero-order valence-electron chi connectivity index (χ0n) is 8.56. The number of unbranched alkanes of at least 4 members (excludes halogenated alkanes) is 1. The molecule has 7 heteroatoms. The third-order valence-corrected chi connectivity index (χ3v) is 2.00. The minimum atomic E-state index is -4.74. The first-order valence-corrected chi connectivity index (χ1v) is 4.75. The molecule has 4 nitrogen and oxygen atoms in total. The monoisotopic (exact) mass is 236 g/mol. The number of nitrogens with zero attached hydrogens (tertiary/aromatic N) is 1. The molecule has 16 heavy (non-hydrogen) atoms. The lowest BCUT2D eigenvalue weighted by Crippen LogP contribution is -2.12. The minimum Gasteiger partial charge on any atom is -0.477 e. The molecule has 90 valence electrons. The molecule has 0 fully saturated rings. The highest BCUT2D eigenvalue weighted by atomic mass is 19.4. The first-order valence-electron chi connectivity index (χ1n) is 4.75. The second-order valence-electron chi connectivity index (χ2n) is 3.31. The molecule has 0 bridgehead atoms. The number of carboxylic acids is 1. The van der Waals surface area contributed by atoms with Gasteiger partial charge in [0.1, 0.15) is 5.82 Å². The van der Waals surface area contributed by atoms with Crippen molar-refractivity contribution in [2.75, 3.05) is 0 Å². The second kappa shape index (κ2) is 4.54. The number of aryl methyl sites for hydroxylation is 1. The summed E-state index contributed by atoms with van der Waals surface area (Å²) in [6.45, 7) is 1.88. The largest absolute Gasteiger partial charge is 0.477 e. The van der Waals surface area contributed by atoms with Crippen LogP contribution in [0.15, 0.2) is 0 Å². The summed E-state index contributed by atoms with van der Waals surface area (Å²) >= 11 is 0. The summed E-state index contributed by atoms with van der Waals surface area (Å²) in [5, 5.41) is 8.60. The summed E-state index contributed by atoms with van der Waals surface area (Å²) < 4.78 is 37.2. The van der Waals surface area contributed by atoms with Crippen molar-refractivity contribution in [3.63, 3.8) is 0 Å². The SMILES string of the molecule is CCCCc1nc(C(F)(F)F)c(C(=O)O)[nH]1. The number of halogens is 3. The van der Waals surface area contributed by atoms with Crippen molar-refractivity contribution in [3.05, 3.63) is 17.2 Å². The number of imidazole rings is 1. The summed E-state index contributed by atoms with van der Waals surface area (Å²) in [5.41, 5.74) is -2.25. The maximum absolute atomic E-state index is 12.4. The zero-order valence-corrected chi connectivity index (χ0v) is 8.56. The minimum absolute atomic E-state index is 0.0616. The van der Waals surface area contributed by atoms with Gasteiger partial charge >= 0.3 is 12.1 Å². The van der Waals surface area contributed by atoms with E-state index in [1.54, 1.807) is 0 Å². The standard InChI is InChI=1S/C9H11F3N2O2/c1-2-3-4-5-13-6(8(15)16)7(14-5)9(10,11)12/h2-4H2,1H3,(H,13,14)(H,15,16). The van der Waals surface area contributed by atoms with Crippen molar-refractivity contribution in [3.8, 4) is 0 Å². The molecule has 0 saturated heterocycles. The first kappa shape index (κ1) is 12.5. The number of H-pyrrole nitrogens is 1. The topological polar surface area (TPSA) is 66.0 Å². The van der Waals surface area contributed by atoms with Gasteiger partial charge in [0, 0.05) is 6.42 Å². The lowest BCUT2D eigenvalue weighted by molar-refractivity contribution is -0.141. The molecular formula is C9H11F3N2O2. The van der Waals surface area contributed by atoms with Crippen LogP contribution >= 0.6 is 0 Å². The van der Waals surface area contributed by atoms with Gasteiger partial charge in [-0.2, -0.15) is 13.2 Å². The van der Waals surface area contributed by atoms with Gasteiger partial charge in [-0.15, -0.1) is 0 Å². The quantitative estimate of drug-likeness (QED) is 0.843. The number of aromatic nitrogens is 2. The maximum Gasteiger partial charge on any atom is 0.435 e. The normalized spacial score (nSPS) is 11.8. The molecule has 0 saturated carbocycles. The lowest BCUT2D eigenvalue weighted by atomic mass is 10.2. The van der Waals surface area contributed by atoms with Crippen molar-refractivity contribution >= 4 is 5.97 Å². The highest BCUT2D eigenvalue weighted by Crippen LogP contribution is 2.30. The third kappa shape index (κ3) is 2.74. The number of hydrogen-bond donors (Lipinski definition) is 2. The van der Waals surface area contributed by atoms with E-state index in [0.717, 1.165) is 6.42 Å². The Labute approximate surface area is 89.5 Å². The molecule has 1 aromatic rings. The Bertz CT molecular complexity index is 385. The van der Waals surface area contributed by atoms with Crippen molar-refractivity contribution in [1.82, 2.24) is 9.97 Å². The molecule has 0 aromatic carbocycles. The van der Waals surface area contributed by atoms with E-state index >= 15 is 0 Å². The van der Waals surface area contributed by atoms with Gasteiger partial charge in [0.15, 0.2) is 11.4 Å². The van der Waals surface area contributed by atoms with Crippen LogP contribution in [0, 0.1) is 0 Å². The average molecular weight is 236 g/mol. The van der Waals surface area contributed by atoms with Gasteiger partial charge in [-0.3, -0.25) is 0 Å². The second-order valence-corrected chi connectivity index (χ2v) is 3.31. The van der Waals surface area contributed by atoms with Crippen molar-refractivity contribution < 1.29 is 23.1 Å². The van der Waals surface area contributed by atoms with Gasteiger partial charge in [0.05, 0.1) is 0 Å². The van der Waals surface area contributed by atoms with Crippen LogP contribution in [0.1, 0.15) is 41.8 Å². The number of rotatable bonds is 4. The molecule has 0 aliphatic carbocycles. The molecular weight excluding hydrogens is 225 g/mol. The molecule has 0 amide bonds. The predicted octanol–water partition coefficient (Wildman–Crippen LogP) is 2.47. The van der Waals surface area contributed by atoms with Gasteiger partial charge in [-0.25, -0.2) is 9.78 Å². The van der Waals surface area contributed by atoms with Gasteiger partial charge in [0.25, 0.3) is 0 Å². The van der Waals surface area contributed by atoms with Crippen LogP contribution in [-0.4, -0.2) is 21.0 Å². The Balaban J connectivity index is 3.06. The van der Waals surface area contributed by atoms with E-state index in [4.69, 9.17) is 5.11 Å². The zero-order chi connectivity index (χ0) is 12.3. The number of alkyl halides is 3. The fourth-order valence-corrected chi connectivity index (χ4v) is 1.24. The molecule has 0 aliphatic heterocycles. The summed E-state index contributed by atoms with van der Waals surface area (Å²) in [5.74, 6) is -1.59. The number of carbonyl (C=O) groups is 1. The molecule has 0 unspecified atom stereocenters. The van der Waals surface area contributed by atoms with Gasteiger partial charge < -0.3 is 10.1 Å². The summed E-state index contributed by atoms with van der Waals surface area (Å²) in [7, 11) is 0. The molecule has 1 aromatic heterocycles. The Morgan fingerprint density at radius 2 is 2.12 bits per heavy atom. The average Bonchev–Trinajstić information content (AvgIpc) is 2.58. The fraction of sp³-hybridized carbons (Fsp3) is 0.556. The summed E-state index contributed by atoms with van der Waals surface area (Å²) in [6.07, 6.45) is -2.98. The number of nitrogens with one attached hydrogen (secondary N) is 1. The number of aromatic amines is 1. The first-order chi connectivity index (χ1) is 7.36. The third-order valence-electron chi connectivity index (χ3n) is 2.00. The molecule has 1 rings (SSSR count).